The van der Waals surface area contributed by atoms with Crippen LogP contribution < -0.4 is 0 Å². The van der Waals surface area contributed by atoms with Crippen molar-refractivity contribution in [1.82, 2.24) is 0 Å². The molecule has 0 heterocycles. The Labute approximate surface area is 51.2 Å². The summed E-state index contributed by atoms with van der Waals surface area (Å²) in [5, 5.41) is 15.8. The molecule has 0 rings (SSSR count). The van der Waals surface area contributed by atoms with Gasteiger partial charge in [0.1, 0.15) is 22.5 Å². The van der Waals surface area contributed by atoms with E-state index in [0.29, 0.717) is 0 Å². The minimum Gasteiger partial charge on any atom is -0.147 e. The Morgan fingerprint density at radius 3 is 1.43 bits per heavy atom. The topological polar surface area (TPSA) is 47.6 Å². The first-order valence-corrected chi connectivity index (χ1v) is 4.83. The third-order valence-corrected chi connectivity index (χ3v) is 1.66. The second-order valence-electron chi connectivity index (χ2n) is 0.714. The van der Waals surface area contributed by atoms with E-state index in [1.807, 2.05) is 0 Å². The molecule has 0 atom stereocenters. The predicted molar refractivity (Wildman–Crippen MR) is 29.9 cm³/mol. The maximum Gasteiger partial charge on any atom is 0.416 e. The standard InChI is InChI=1S/C2Cl2N2P/c3-7(4,1-5)2-6/q+1. The number of hydrogen-bond acceptors (Lipinski definition) is 2. The maximum atomic E-state index is 7.91. The monoisotopic (exact) mass is 153 g/mol. The molecule has 0 aromatic rings. The van der Waals surface area contributed by atoms with Crippen molar-refractivity contribution in [1.29, 1.82) is 10.5 Å². The van der Waals surface area contributed by atoms with Crippen LogP contribution in [0.2, 0.25) is 0 Å². The van der Waals surface area contributed by atoms with Crippen molar-refractivity contribution in [2.75, 3.05) is 0 Å². The molecule has 0 bridgehead atoms. The van der Waals surface area contributed by atoms with Gasteiger partial charge in [0, 0.05) is 0 Å². The van der Waals surface area contributed by atoms with Gasteiger partial charge in [0.25, 0.3) is 11.6 Å². The number of hydrogen-bond donors (Lipinski definition) is 0. The predicted octanol–water partition coefficient (Wildman–Crippen LogP) is 2.27. The molecule has 0 unspecified atom stereocenters. The first-order valence-electron chi connectivity index (χ1n) is 1.23. The minimum absolute atomic E-state index is 1.47. The summed E-state index contributed by atoms with van der Waals surface area (Å²) in [5.41, 5.74) is 0. The van der Waals surface area contributed by atoms with E-state index in [4.69, 9.17) is 33.0 Å². The summed E-state index contributed by atoms with van der Waals surface area (Å²) < 4.78 is 0. The Balaban J connectivity index is 4.00. The second kappa shape index (κ2) is 2.34. The van der Waals surface area contributed by atoms with Crippen LogP contribution in [0.1, 0.15) is 0 Å². The highest BCUT2D eigenvalue weighted by atomic mass is 35.9. The normalized spacial score (nSPS) is 9.14. The quantitative estimate of drug-likeness (QED) is 0.502. The zero-order valence-corrected chi connectivity index (χ0v) is 5.50. The zero-order valence-electron chi connectivity index (χ0n) is 3.10. The molecule has 7 heavy (non-hydrogen) atoms. The van der Waals surface area contributed by atoms with E-state index in [9.17, 15) is 0 Å². The SMILES string of the molecule is N#C[P+](Cl)(Cl)C#N. The lowest BCUT2D eigenvalue weighted by Gasteiger charge is -1.74. The molecule has 0 saturated carbocycles. The van der Waals surface area contributed by atoms with Crippen molar-refractivity contribution < 1.29 is 0 Å². The summed E-state index contributed by atoms with van der Waals surface area (Å²) in [7, 11) is 0. The smallest absolute Gasteiger partial charge is 0.147 e. The highest BCUT2D eigenvalue weighted by Crippen LogP contribution is 2.67. The first kappa shape index (κ1) is 6.99. The second-order valence-corrected chi connectivity index (χ2v) is 5.70. The molecule has 0 aromatic heterocycles. The van der Waals surface area contributed by atoms with Crippen molar-refractivity contribution in [2.24, 2.45) is 0 Å². The third-order valence-electron chi connectivity index (χ3n) is 0.251. The van der Waals surface area contributed by atoms with Crippen LogP contribution >= 0.6 is 28.4 Å². The first-order chi connectivity index (χ1) is 3.12. The van der Waals surface area contributed by atoms with E-state index in [0.717, 1.165) is 0 Å². The summed E-state index contributed by atoms with van der Waals surface area (Å²) >= 11 is 10.1. The van der Waals surface area contributed by atoms with Crippen molar-refractivity contribution in [3.63, 3.8) is 0 Å². The Hall–Kier alpha value is -0.0100. The lowest BCUT2D eigenvalue weighted by atomic mass is 11.8. The fourth-order valence-corrected chi connectivity index (χ4v) is 0.0671. The summed E-state index contributed by atoms with van der Waals surface area (Å²) in [6, 6.07) is 0. The van der Waals surface area contributed by atoms with Crippen molar-refractivity contribution in [3.8, 4) is 11.6 Å². The minimum atomic E-state index is -2.85. The largest absolute Gasteiger partial charge is 0.416 e. The van der Waals surface area contributed by atoms with Crippen LogP contribution in [0.15, 0.2) is 0 Å². The highest BCUT2D eigenvalue weighted by Gasteiger charge is 2.36. The maximum absolute atomic E-state index is 7.91. The lowest BCUT2D eigenvalue weighted by molar-refractivity contribution is 1.55. The van der Waals surface area contributed by atoms with Gasteiger partial charge in [-0.25, -0.2) is 0 Å². The Kier molecular flexibility index (Phi) is 2.33. The molecule has 2 nitrogen and oxygen atoms in total. The molecule has 0 fully saturated rings. The van der Waals surface area contributed by atoms with Crippen LogP contribution in [0.25, 0.3) is 0 Å². The van der Waals surface area contributed by atoms with Gasteiger partial charge in [0.05, 0.1) is 0 Å². The summed E-state index contributed by atoms with van der Waals surface area (Å²) in [5.74, 6) is 0.0949. The number of halogens is 2. The van der Waals surface area contributed by atoms with Gasteiger partial charge in [0.2, 0.25) is 0 Å². The number of rotatable bonds is 0. The van der Waals surface area contributed by atoms with Gasteiger partial charge in [-0.05, 0) is 0 Å². The molecule has 0 aliphatic heterocycles. The summed E-state index contributed by atoms with van der Waals surface area (Å²) in [6.45, 7) is 0. The van der Waals surface area contributed by atoms with Crippen molar-refractivity contribution in [2.45, 2.75) is 0 Å². The summed E-state index contributed by atoms with van der Waals surface area (Å²) in [4.78, 5) is 0. The van der Waals surface area contributed by atoms with Crippen LogP contribution in [0.4, 0.5) is 0 Å². The number of nitriles is 2. The Morgan fingerprint density at radius 2 is 1.43 bits per heavy atom. The third kappa shape index (κ3) is 2.66. The fraction of sp³-hybridized carbons (Fsp3) is 0. The van der Waals surface area contributed by atoms with Gasteiger partial charge in [-0.15, -0.1) is 10.5 Å². The Morgan fingerprint density at radius 1 is 1.14 bits per heavy atom. The molecule has 0 N–H and O–H groups in total. The van der Waals surface area contributed by atoms with Gasteiger partial charge >= 0.3 is 5.97 Å². The van der Waals surface area contributed by atoms with Crippen LogP contribution in [-0.4, -0.2) is 0 Å². The number of nitrogens with zero attached hydrogens (tertiary/aromatic N) is 2. The molecule has 0 aliphatic rings. The van der Waals surface area contributed by atoms with E-state index >= 15 is 0 Å². The van der Waals surface area contributed by atoms with Gasteiger partial charge < -0.3 is 0 Å². The molecule has 36 valence electrons. The fourth-order valence-electron chi connectivity index (χ4n) is 0.0224. The molecule has 0 saturated heterocycles. The Bertz CT molecular complexity index is 125. The van der Waals surface area contributed by atoms with Gasteiger partial charge in [-0.3, -0.25) is 0 Å². The molecule has 0 radical (unpaired) electrons. The van der Waals surface area contributed by atoms with Crippen LogP contribution in [0, 0.1) is 22.1 Å². The van der Waals surface area contributed by atoms with Crippen LogP contribution in [0.5, 0.6) is 0 Å². The lowest BCUT2D eigenvalue weighted by Crippen LogP contribution is -1.54. The van der Waals surface area contributed by atoms with Gasteiger partial charge in [0.15, 0.2) is 0 Å². The average Bonchev–Trinajstić information content (AvgIpc) is 1.68. The highest BCUT2D eigenvalue weighted by molar-refractivity contribution is 8.23. The van der Waals surface area contributed by atoms with E-state index < -0.39 is 5.97 Å². The van der Waals surface area contributed by atoms with E-state index in [1.54, 1.807) is 0 Å². The molecule has 0 aliphatic carbocycles. The zero-order chi connectivity index (χ0) is 5.91. The molecule has 0 aromatic carbocycles. The molecular formula is C2Cl2N2P+. The molecule has 0 amide bonds. The molecule has 0 spiro atoms. The van der Waals surface area contributed by atoms with E-state index in [2.05, 4.69) is 0 Å². The van der Waals surface area contributed by atoms with Gasteiger partial charge in [-0.1, -0.05) is 0 Å². The van der Waals surface area contributed by atoms with Gasteiger partial charge in [-0.2, -0.15) is 0 Å². The van der Waals surface area contributed by atoms with Crippen molar-refractivity contribution in [3.05, 3.63) is 0 Å². The molecule has 5 heteroatoms. The van der Waals surface area contributed by atoms with Crippen molar-refractivity contribution >= 4 is 28.4 Å². The summed E-state index contributed by atoms with van der Waals surface area (Å²) in [6.07, 6.45) is 0. The van der Waals surface area contributed by atoms with Crippen LogP contribution in [0.3, 0.4) is 0 Å². The molecular weight excluding hydrogens is 154 g/mol. The van der Waals surface area contributed by atoms with Crippen LogP contribution in [-0.2, 0) is 0 Å². The van der Waals surface area contributed by atoms with E-state index in [-0.39, 0.29) is 0 Å². The van der Waals surface area contributed by atoms with E-state index in [1.165, 1.54) is 11.6 Å². The average molecular weight is 154 g/mol.